The molecule has 1 aliphatic rings. The van der Waals surface area contributed by atoms with Crippen molar-refractivity contribution in [3.8, 4) is 0 Å². The maximum atomic E-state index is 5.80. The van der Waals surface area contributed by atoms with E-state index in [0.717, 1.165) is 28.1 Å². The molecule has 0 bridgehead atoms. The van der Waals surface area contributed by atoms with Gasteiger partial charge in [0.2, 0.25) is 0 Å². The molecule has 0 amide bonds. The Morgan fingerprint density at radius 3 is 2.84 bits per heavy atom. The molecule has 0 aliphatic carbocycles. The summed E-state index contributed by atoms with van der Waals surface area (Å²) in [4.78, 5) is 4.44. The number of nitrogens with one attached hydrogen (secondary N) is 1. The minimum absolute atomic E-state index is 0.626. The summed E-state index contributed by atoms with van der Waals surface area (Å²) >= 11 is 1.54. The molecule has 2 aromatic carbocycles. The van der Waals surface area contributed by atoms with Gasteiger partial charge in [-0.15, -0.1) is 0 Å². The lowest BCUT2D eigenvalue weighted by molar-refractivity contribution is 0.767. The highest BCUT2D eigenvalue weighted by Gasteiger charge is 2.23. The molecule has 0 atom stereocenters. The number of fused-ring (bicyclic) bond motifs is 3. The van der Waals surface area contributed by atoms with Gasteiger partial charge in [-0.1, -0.05) is 29.5 Å². The highest BCUT2D eigenvalue weighted by molar-refractivity contribution is 7.22. The number of thiazole rings is 1. The Kier molecular flexibility index (Phi) is 2.24. The number of hydrazine groups is 1. The SMILES string of the molecule is Nc1nc2c3c(ccc2s1)N(c1ccccc1)NC3. The summed E-state index contributed by atoms with van der Waals surface area (Å²) in [6, 6.07) is 14.5. The second-order valence-corrected chi connectivity index (χ2v) is 5.53. The number of anilines is 3. The number of rotatable bonds is 1. The zero-order chi connectivity index (χ0) is 12.8. The minimum atomic E-state index is 0.626. The fraction of sp³-hybridized carbons (Fsp3) is 0.0714. The summed E-state index contributed by atoms with van der Waals surface area (Å²) in [6.45, 7) is 0.782. The predicted octanol–water partition coefficient (Wildman–Crippen LogP) is 3.03. The van der Waals surface area contributed by atoms with Gasteiger partial charge in [0.15, 0.2) is 5.13 Å². The minimum Gasteiger partial charge on any atom is -0.375 e. The zero-order valence-corrected chi connectivity index (χ0v) is 10.9. The summed E-state index contributed by atoms with van der Waals surface area (Å²) in [7, 11) is 0. The van der Waals surface area contributed by atoms with E-state index < -0.39 is 0 Å². The molecule has 94 valence electrons. The van der Waals surface area contributed by atoms with E-state index >= 15 is 0 Å². The first kappa shape index (κ1) is 10.8. The lowest BCUT2D eigenvalue weighted by Crippen LogP contribution is -2.26. The van der Waals surface area contributed by atoms with Crippen molar-refractivity contribution in [2.45, 2.75) is 6.54 Å². The Morgan fingerprint density at radius 2 is 2.00 bits per heavy atom. The van der Waals surface area contributed by atoms with Crippen LogP contribution in [0.2, 0.25) is 0 Å². The summed E-state index contributed by atoms with van der Waals surface area (Å²) in [6.07, 6.45) is 0. The van der Waals surface area contributed by atoms with Crippen LogP contribution in [0.3, 0.4) is 0 Å². The first-order valence-electron chi connectivity index (χ1n) is 6.09. The van der Waals surface area contributed by atoms with Crippen LogP contribution in [0.1, 0.15) is 5.56 Å². The van der Waals surface area contributed by atoms with Crippen molar-refractivity contribution >= 4 is 38.1 Å². The lowest BCUT2D eigenvalue weighted by Gasteiger charge is -2.19. The van der Waals surface area contributed by atoms with Crippen LogP contribution in [0.25, 0.3) is 10.2 Å². The van der Waals surface area contributed by atoms with E-state index in [1.165, 1.54) is 16.9 Å². The molecular weight excluding hydrogens is 256 g/mol. The molecule has 0 fully saturated rings. The lowest BCUT2D eigenvalue weighted by atomic mass is 10.1. The van der Waals surface area contributed by atoms with Crippen molar-refractivity contribution < 1.29 is 0 Å². The molecule has 19 heavy (non-hydrogen) atoms. The molecule has 0 radical (unpaired) electrons. The van der Waals surface area contributed by atoms with Crippen molar-refractivity contribution in [2.75, 3.05) is 10.7 Å². The van der Waals surface area contributed by atoms with Gasteiger partial charge < -0.3 is 5.73 Å². The molecule has 3 aromatic rings. The molecule has 5 heteroatoms. The van der Waals surface area contributed by atoms with Crippen molar-refractivity contribution in [3.63, 3.8) is 0 Å². The smallest absolute Gasteiger partial charge is 0.181 e. The van der Waals surface area contributed by atoms with E-state index in [1.807, 2.05) is 18.2 Å². The Hall–Kier alpha value is -2.11. The molecule has 0 saturated heterocycles. The van der Waals surface area contributed by atoms with Crippen molar-refractivity contribution in [1.82, 2.24) is 10.4 Å². The van der Waals surface area contributed by atoms with Crippen molar-refractivity contribution in [2.24, 2.45) is 0 Å². The zero-order valence-electron chi connectivity index (χ0n) is 10.1. The van der Waals surface area contributed by atoms with Crippen LogP contribution >= 0.6 is 11.3 Å². The molecule has 2 heterocycles. The molecule has 0 saturated carbocycles. The highest BCUT2D eigenvalue weighted by Crippen LogP contribution is 2.38. The summed E-state index contributed by atoms with van der Waals surface area (Å²) < 4.78 is 1.15. The van der Waals surface area contributed by atoms with Gasteiger partial charge in [-0.3, -0.25) is 5.01 Å². The van der Waals surface area contributed by atoms with Crippen LogP contribution in [0.4, 0.5) is 16.5 Å². The third-order valence-corrected chi connectivity index (χ3v) is 4.18. The van der Waals surface area contributed by atoms with Crippen LogP contribution in [0, 0.1) is 0 Å². The van der Waals surface area contributed by atoms with Gasteiger partial charge in [0.25, 0.3) is 0 Å². The van der Waals surface area contributed by atoms with Crippen LogP contribution < -0.4 is 16.2 Å². The van der Waals surface area contributed by atoms with E-state index in [1.54, 1.807) is 0 Å². The largest absolute Gasteiger partial charge is 0.375 e. The second-order valence-electron chi connectivity index (χ2n) is 4.47. The Morgan fingerprint density at radius 1 is 1.16 bits per heavy atom. The van der Waals surface area contributed by atoms with E-state index in [9.17, 15) is 0 Å². The van der Waals surface area contributed by atoms with E-state index in [2.05, 4.69) is 39.7 Å². The maximum absolute atomic E-state index is 5.80. The number of benzene rings is 2. The normalized spacial score (nSPS) is 14.0. The van der Waals surface area contributed by atoms with Gasteiger partial charge in [0, 0.05) is 12.1 Å². The van der Waals surface area contributed by atoms with Gasteiger partial charge in [-0.2, -0.15) is 0 Å². The van der Waals surface area contributed by atoms with Crippen molar-refractivity contribution in [1.29, 1.82) is 0 Å². The molecule has 4 rings (SSSR count). The van der Waals surface area contributed by atoms with Gasteiger partial charge in [-0.05, 0) is 24.3 Å². The number of nitrogens with zero attached hydrogens (tertiary/aromatic N) is 2. The van der Waals surface area contributed by atoms with E-state index in [-0.39, 0.29) is 0 Å². The summed E-state index contributed by atoms with van der Waals surface area (Å²) in [5, 5.41) is 2.73. The summed E-state index contributed by atoms with van der Waals surface area (Å²) in [5.41, 5.74) is 13.7. The van der Waals surface area contributed by atoms with Crippen LogP contribution in [-0.2, 0) is 6.54 Å². The number of nitrogens with two attached hydrogens (primary N) is 1. The average Bonchev–Trinajstić information content (AvgIpc) is 3.01. The molecule has 1 aliphatic heterocycles. The average molecular weight is 268 g/mol. The predicted molar refractivity (Wildman–Crippen MR) is 79.5 cm³/mol. The second kappa shape index (κ2) is 3.94. The van der Waals surface area contributed by atoms with Gasteiger partial charge in [0.1, 0.15) is 0 Å². The Labute approximate surface area is 114 Å². The third-order valence-electron chi connectivity index (χ3n) is 3.33. The quantitative estimate of drug-likeness (QED) is 0.712. The molecular formula is C14H12N4S. The van der Waals surface area contributed by atoms with Crippen LogP contribution in [0.5, 0.6) is 0 Å². The van der Waals surface area contributed by atoms with Crippen LogP contribution in [0.15, 0.2) is 42.5 Å². The molecule has 3 N–H and O–H groups in total. The molecule has 1 aromatic heterocycles. The number of aromatic nitrogens is 1. The van der Waals surface area contributed by atoms with E-state index in [0.29, 0.717) is 5.13 Å². The van der Waals surface area contributed by atoms with Crippen LogP contribution in [-0.4, -0.2) is 4.98 Å². The van der Waals surface area contributed by atoms with Crippen molar-refractivity contribution in [3.05, 3.63) is 48.0 Å². The standard InChI is InChI=1S/C14H12N4S/c15-14-17-13-10-8-16-18(9-4-2-1-3-5-9)11(10)6-7-12(13)19-14/h1-7,16H,8H2,(H2,15,17). The molecule has 0 unspecified atom stereocenters. The molecule has 0 spiro atoms. The first-order valence-corrected chi connectivity index (χ1v) is 6.91. The topological polar surface area (TPSA) is 54.2 Å². The Balaban J connectivity index is 1.89. The third kappa shape index (κ3) is 1.59. The number of para-hydroxylation sites is 1. The van der Waals surface area contributed by atoms with Gasteiger partial charge in [0.05, 0.1) is 21.6 Å². The van der Waals surface area contributed by atoms with E-state index in [4.69, 9.17) is 5.73 Å². The van der Waals surface area contributed by atoms with Gasteiger partial charge >= 0.3 is 0 Å². The number of hydrogen-bond acceptors (Lipinski definition) is 5. The fourth-order valence-corrected chi connectivity index (χ4v) is 3.25. The van der Waals surface area contributed by atoms with Gasteiger partial charge in [-0.25, -0.2) is 10.4 Å². The fourth-order valence-electron chi connectivity index (χ4n) is 2.49. The highest BCUT2D eigenvalue weighted by atomic mass is 32.1. The first-order chi connectivity index (χ1) is 9.33. The number of nitrogen functional groups attached to an aromatic ring is 1. The maximum Gasteiger partial charge on any atom is 0.181 e. The number of hydrogen-bond donors (Lipinski definition) is 2. The monoisotopic (exact) mass is 268 g/mol. The Bertz CT molecular complexity index is 751. The molecule has 4 nitrogen and oxygen atoms in total. The summed E-state index contributed by atoms with van der Waals surface area (Å²) in [5.74, 6) is 0.